The lowest BCUT2D eigenvalue weighted by Gasteiger charge is -2.34. The Morgan fingerprint density at radius 3 is 1.73 bits per heavy atom. The van der Waals surface area contributed by atoms with Crippen LogP contribution in [0, 0.1) is 23.7 Å². The molecule has 0 saturated carbocycles. The molecule has 3 rings (SSSR count). The zero-order valence-electron chi connectivity index (χ0n) is 58.6. The number of esters is 1. The molecular weight excluding hydrogens is 1310 g/mol. The van der Waals surface area contributed by atoms with Crippen molar-refractivity contribution in [3.8, 4) is 0 Å². The van der Waals surface area contributed by atoms with Crippen molar-refractivity contribution in [3.63, 3.8) is 0 Å². The first kappa shape index (κ1) is 84.7. The summed E-state index contributed by atoms with van der Waals surface area (Å²) >= 11 is 0. The number of amides is 12. The van der Waals surface area contributed by atoms with Crippen LogP contribution < -0.4 is 75.7 Å². The number of alkyl carbamates (subject to hydrolysis) is 1. The molecule has 2 aromatic rings. The van der Waals surface area contributed by atoms with E-state index in [1.165, 1.54) is 44.2 Å². The van der Waals surface area contributed by atoms with Crippen LogP contribution in [0.4, 0.5) is 4.79 Å². The van der Waals surface area contributed by atoms with Crippen molar-refractivity contribution in [1.82, 2.24) is 58.5 Å². The van der Waals surface area contributed by atoms with Crippen molar-refractivity contribution in [2.24, 2.45) is 45.9 Å². The number of nitrogens with one attached hydrogen (secondary N) is 11. The quantitative estimate of drug-likeness (QED) is 0.0208. The highest BCUT2D eigenvalue weighted by Gasteiger charge is 2.44. The van der Waals surface area contributed by atoms with Gasteiger partial charge >= 0.3 is 12.1 Å². The lowest BCUT2D eigenvalue weighted by atomic mass is 9.95. The molecule has 1 heterocycles. The van der Waals surface area contributed by atoms with E-state index in [9.17, 15) is 68.4 Å². The Morgan fingerprint density at radius 2 is 1.19 bits per heavy atom. The number of nitrogens with zero attached hydrogens (tertiary/aromatic N) is 1. The third-order valence-corrected chi connectivity index (χ3v) is 15.7. The minimum atomic E-state index is -2.60. The lowest BCUT2D eigenvalue weighted by Crippen LogP contribution is -2.64. The number of primary amides is 1. The number of ether oxygens (including phenoxy) is 2. The number of guanidine groups is 1. The topological polar surface area (TPSA) is 544 Å². The molecule has 0 spiro atoms. The smallest absolute Gasteiger partial charge is 0.408 e. The molecule has 15 atom stereocenters. The Balaban J connectivity index is 2.45. The fourth-order valence-corrected chi connectivity index (χ4v) is 10.1. The van der Waals surface area contributed by atoms with Crippen LogP contribution in [0.25, 0.3) is 0 Å². The normalized spacial score (nSPS) is 23.4. The van der Waals surface area contributed by atoms with E-state index < -0.39 is 204 Å². The zero-order valence-corrected chi connectivity index (χ0v) is 58.6. The van der Waals surface area contributed by atoms with E-state index in [4.69, 9.17) is 26.7 Å². The fraction of sp³-hybridized carbons (Fsp3) is 0.606. The molecule has 21 N–H and O–H groups in total. The predicted molar refractivity (Wildman–Crippen MR) is 362 cm³/mol. The number of cyclic esters (lactones) is 1. The van der Waals surface area contributed by atoms with Gasteiger partial charge in [0, 0.05) is 13.0 Å². The van der Waals surface area contributed by atoms with Crippen molar-refractivity contribution in [1.29, 1.82) is 0 Å². The summed E-state index contributed by atoms with van der Waals surface area (Å²) in [7, 11) is 0. The number of rotatable bonds is 24. The van der Waals surface area contributed by atoms with Crippen LogP contribution in [-0.2, 0) is 73.4 Å². The number of aliphatic hydroxyl groups is 4. The van der Waals surface area contributed by atoms with E-state index >= 15 is 14.4 Å². The van der Waals surface area contributed by atoms with E-state index in [1.54, 1.807) is 92.6 Å². The van der Waals surface area contributed by atoms with Gasteiger partial charge in [0.15, 0.2) is 24.2 Å². The van der Waals surface area contributed by atoms with Gasteiger partial charge in [0.2, 0.25) is 65.0 Å². The number of aliphatic imine (C=N–C) groups is 1. The summed E-state index contributed by atoms with van der Waals surface area (Å²) in [5.74, 6) is -17.9. The Hall–Kier alpha value is -9.54. The molecule has 1 aliphatic rings. The Kier molecular flexibility index (Phi) is 34.3. The maximum absolute atomic E-state index is 15.6. The standard InChI is InChI=1S/C66H103N15O19/c1-13-35(8)45-59(93)79-46(36(9)83)58(92)71-30-44(84)77-48(51(86)53(67)87)61(95)75-43(31-82)63(97)99-52(38-23-18-15-19-24-38)49(81-57(91)41(28-33(4)5)73-56(90)42(29-37-21-16-14-17-22-37)76-65(98)100-66(10,11)12)62(96)80-47(50(85)34(6)7)60(94)74-40(27-32(2)3)55(89)72-39(54(88)78-45)25-20-26-70-64(68)69/h14-19,21-24,32-36,39-43,45-52,82-83,85-86H,13,20,25-31H2,1-12H3,(H2,67,87)(H,71,92)(H,72,89)(H,73,90)(H,74,94)(H,75,95)(H,76,98)(H,77,84)(H,78,88)(H,79,93)(H,80,96)(H,81,91)(H4,68,69,70)/t35-,36-,39+,40-,41-,42-,43-,45?,46?,47-,48-,49-,50+,51-,52+/m0/s1. The second-order valence-corrected chi connectivity index (χ2v) is 26.7. The van der Waals surface area contributed by atoms with Gasteiger partial charge in [-0.15, -0.1) is 0 Å². The molecule has 0 bridgehead atoms. The van der Waals surface area contributed by atoms with Gasteiger partial charge < -0.3 is 106 Å². The second kappa shape index (κ2) is 40.5. The van der Waals surface area contributed by atoms with Gasteiger partial charge in [0.25, 0.3) is 0 Å². The molecule has 12 amide bonds. The van der Waals surface area contributed by atoms with Gasteiger partial charge in [0.05, 0.1) is 25.4 Å². The van der Waals surface area contributed by atoms with Crippen molar-refractivity contribution in [2.45, 2.75) is 212 Å². The highest BCUT2D eigenvalue weighted by Crippen LogP contribution is 2.25. The molecule has 2 aromatic carbocycles. The van der Waals surface area contributed by atoms with Gasteiger partial charge in [-0.25, -0.2) is 9.59 Å². The number of aliphatic hydroxyl groups excluding tert-OH is 4. The van der Waals surface area contributed by atoms with Gasteiger partial charge in [-0.2, -0.15) is 0 Å². The molecule has 556 valence electrons. The van der Waals surface area contributed by atoms with Gasteiger partial charge in [-0.1, -0.05) is 122 Å². The van der Waals surface area contributed by atoms with E-state index in [1.807, 2.05) is 10.6 Å². The minimum Gasteiger partial charge on any atom is -0.453 e. The van der Waals surface area contributed by atoms with Gasteiger partial charge in [-0.05, 0) is 88.2 Å². The van der Waals surface area contributed by atoms with Crippen LogP contribution in [-0.4, -0.2) is 207 Å². The van der Waals surface area contributed by atoms with Crippen LogP contribution in [0.3, 0.4) is 0 Å². The van der Waals surface area contributed by atoms with Crippen molar-refractivity contribution in [2.75, 3.05) is 19.7 Å². The average Bonchev–Trinajstić information content (AvgIpc) is 0.831. The highest BCUT2D eigenvalue weighted by molar-refractivity contribution is 6.00. The summed E-state index contributed by atoms with van der Waals surface area (Å²) in [4.78, 5) is 190. The summed E-state index contributed by atoms with van der Waals surface area (Å²) in [6.07, 6.45) is -9.74. The van der Waals surface area contributed by atoms with Crippen molar-refractivity contribution < 1.29 is 92.2 Å². The molecule has 1 aliphatic heterocycles. The Labute approximate surface area is 581 Å². The Morgan fingerprint density at radius 1 is 0.640 bits per heavy atom. The third-order valence-electron chi connectivity index (χ3n) is 15.7. The summed E-state index contributed by atoms with van der Waals surface area (Å²) in [5.41, 5.74) is 15.9. The second-order valence-electron chi connectivity index (χ2n) is 26.7. The van der Waals surface area contributed by atoms with Crippen LogP contribution in [0.15, 0.2) is 65.7 Å². The van der Waals surface area contributed by atoms with Crippen molar-refractivity contribution >= 4 is 83.0 Å². The van der Waals surface area contributed by atoms with Gasteiger partial charge in [0.1, 0.15) is 60.0 Å². The average molecular weight is 1410 g/mol. The molecule has 34 heteroatoms. The predicted octanol–water partition coefficient (Wildman–Crippen LogP) is -3.67. The fourth-order valence-electron chi connectivity index (χ4n) is 10.1. The molecule has 2 unspecified atom stereocenters. The van der Waals surface area contributed by atoms with Crippen LogP contribution >= 0.6 is 0 Å². The summed E-state index contributed by atoms with van der Waals surface area (Å²) in [5, 5.41) is 71.1. The van der Waals surface area contributed by atoms with E-state index in [0.717, 1.165) is 6.92 Å². The van der Waals surface area contributed by atoms with Gasteiger partial charge in [-0.3, -0.25) is 57.7 Å². The number of carbonyl (C=O) groups excluding carboxylic acids is 13. The molecule has 100 heavy (non-hydrogen) atoms. The number of carbonyl (C=O) groups is 13. The largest absolute Gasteiger partial charge is 0.453 e. The monoisotopic (exact) mass is 1410 g/mol. The number of nitrogens with two attached hydrogens (primary N) is 3. The van der Waals surface area contributed by atoms with Crippen LogP contribution in [0.2, 0.25) is 0 Å². The maximum Gasteiger partial charge on any atom is 0.408 e. The molecule has 0 aliphatic carbocycles. The molecule has 1 fully saturated rings. The maximum atomic E-state index is 15.6. The number of hydrogen-bond donors (Lipinski definition) is 18. The zero-order chi connectivity index (χ0) is 75.5. The molecule has 1 saturated heterocycles. The SMILES string of the molecule is CC[C@H](C)C1NC(=O)[C@@H](CCCN=C(N)N)NC(=O)[C@H](CC(C)C)NC(=O)[C@H]([C@H](O)C(C)C)NC(=O)[C@@H](NC(=O)[C@H](CC(C)C)NC(=O)[C@H](Cc2ccccc2)NC(=O)OC(C)(C)C)[C@@H](c2ccccc2)OC(=O)[C@H](CO)NC(=O)[C@H]([C@H](O)C(N)=O)NC(=O)CNC(=O)C([C@H](C)O)NC1=O. The first-order valence-electron chi connectivity index (χ1n) is 33.1. The molecule has 0 aromatic heterocycles. The molecular formula is C66H103N15O19. The Bertz CT molecular complexity index is 3150. The molecule has 34 nitrogen and oxygen atoms in total. The molecule has 0 radical (unpaired) electrons. The summed E-state index contributed by atoms with van der Waals surface area (Å²) in [6.45, 7) is 16.3. The number of hydrogen-bond acceptors (Lipinski definition) is 20. The minimum absolute atomic E-state index is 0.0272. The van der Waals surface area contributed by atoms with Crippen molar-refractivity contribution in [3.05, 3.63) is 71.8 Å². The van der Waals surface area contributed by atoms with Crippen LogP contribution in [0.1, 0.15) is 132 Å². The summed E-state index contributed by atoms with van der Waals surface area (Å²) in [6, 6.07) is -3.17. The first-order chi connectivity index (χ1) is 46.8. The first-order valence-corrected chi connectivity index (χ1v) is 33.1. The van der Waals surface area contributed by atoms with E-state index in [-0.39, 0.29) is 56.6 Å². The highest BCUT2D eigenvalue weighted by atomic mass is 16.6. The van der Waals surface area contributed by atoms with E-state index in [2.05, 4.69) is 52.8 Å². The van der Waals surface area contributed by atoms with Crippen LogP contribution in [0.5, 0.6) is 0 Å². The summed E-state index contributed by atoms with van der Waals surface area (Å²) < 4.78 is 11.5. The lowest BCUT2D eigenvalue weighted by molar-refractivity contribution is -0.159. The third kappa shape index (κ3) is 28.0. The van der Waals surface area contributed by atoms with E-state index in [0.29, 0.717) is 5.56 Å². The number of benzene rings is 2.